The lowest BCUT2D eigenvalue weighted by atomic mass is 9.97. The topological polar surface area (TPSA) is 78.5 Å². The molecule has 0 aliphatic carbocycles. The number of piperazine rings is 1. The van der Waals surface area contributed by atoms with E-state index in [1.165, 1.54) is 11.3 Å². The van der Waals surface area contributed by atoms with Crippen LogP contribution >= 0.6 is 11.6 Å². The van der Waals surface area contributed by atoms with Crippen molar-refractivity contribution >= 4 is 29.0 Å². The molecule has 0 saturated carbocycles. The fourth-order valence-electron chi connectivity index (χ4n) is 4.60. The van der Waals surface area contributed by atoms with E-state index in [2.05, 4.69) is 56.2 Å². The third-order valence-corrected chi connectivity index (χ3v) is 6.87. The Labute approximate surface area is 234 Å². The van der Waals surface area contributed by atoms with E-state index in [1.807, 2.05) is 48.5 Å². The van der Waals surface area contributed by atoms with Gasteiger partial charge in [0.2, 0.25) is 0 Å². The number of pyridine rings is 1. The number of rotatable bonds is 9. The molecular weight excluding hydrogens is 510 g/mol. The summed E-state index contributed by atoms with van der Waals surface area (Å²) in [6.07, 6.45) is 4.17. The highest BCUT2D eigenvalue weighted by Gasteiger charge is 2.13. The van der Waals surface area contributed by atoms with Crippen molar-refractivity contribution in [3.8, 4) is 16.9 Å². The molecule has 3 N–H and O–H groups in total. The molecule has 4 aromatic rings. The van der Waals surface area contributed by atoms with E-state index in [0.29, 0.717) is 18.8 Å². The van der Waals surface area contributed by atoms with Crippen LogP contribution in [-0.2, 0) is 13.0 Å². The molecule has 1 aliphatic heterocycles. The van der Waals surface area contributed by atoms with Crippen LogP contribution < -0.4 is 25.6 Å². The maximum atomic E-state index is 12.2. The maximum Gasteiger partial charge on any atom is 0.319 e. The smallest absolute Gasteiger partial charge is 0.319 e. The van der Waals surface area contributed by atoms with E-state index in [9.17, 15) is 4.79 Å². The molecule has 5 rings (SSSR count). The van der Waals surface area contributed by atoms with Gasteiger partial charge in [0, 0.05) is 67.9 Å². The first-order valence-electron chi connectivity index (χ1n) is 13.2. The summed E-state index contributed by atoms with van der Waals surface area (Å²) in [5.41, 5.74) is 6.32. The van der Waals surface area contributed by atoms with Gasteiger partial charge in [0.15, 0.2) is 0 Å². The highest BCUT2D eigenvalue weighted by molar-refractivity contribution is 6.30. The number of aromatic nitrogens is 1. The van der Waals surface area contributed by atoms with Gasteiger partial charge in [0.25, 0.3) is 0 Å². The van der Waals surface area contributed by atoms with Crippen LogP contribution in [0.15, 0.2) is 91.3 Å². The number of ether oxygens (including phenoxy) is 1. The first-order valence-corrected chi connectivity index (χ1v) is 13.5. The minimum Gasteiger partial charge on any atom is -0.493 e. The average Bonchev–Trinajstić information content (AvgIpc) is 2.99. The number of urea groups is 1. The molecule has 0 atom stereocenters. The van der Waals surface area contributed by atoms with E-state index in [-0.39, 0.29) is 6.03 Å². The lowest BCUT2D eigenvalue weighted by Gasteiger charge is -2.29. The van der Waals surface area contributed by atoms with Gasteiger partial charge in [-0.25, -0.2) is 4.79 Å². The normalized spacial score (nSPS) is 13.1. The van der Waals surface area contributed by atoms with Gasteiger partial charge >= 0.3 is 6.03 Å². The van der Waals surface area contributed by atoms with Crippen LogP contribution in [0.1, 0.15) is 11.1 Å². The zero-order chi connectivity index (χ0) is 26.9. The summed E-state index contributed by atoms with van der Waals surface area (Å²) in [6.45, 7) is 4.94. The van der Waals surface area contributed by atoms with Crippen LogP contribution in [0.3, 0.4) is 0 Å². The molecule has 1 fully saturated rings. The highest BCUT2D eigenvalue weighted by atomic mass is 35.5. The lowest BCUT2D eigenvalue weighted by molar-refractivity contribution is 0.251. The number of anilines is 2. The molecule has 1 saturated heterocycles. The molecule has 200 valence electrons. The van der Waals surface area contributed by atoms with Crippen molar-refractivity contribution in [3.05, 3.63) is 107 Å². The molecule has 2 heterocycles. The molecule has 7 nitrogen and oxygen atoms in total. The molecule has 0 spiro atoms. The third kappa shape index (κ3) is 7.50. The van der Waals surface area contributed by atoms with Gasteiger partial charge < -0.3 is 25.6 Å². The minimum absolute atomic E-state index is 0.274. The minimum atomic E-state index is -0.274. The Bertz CT molecular complexity index is 1380. The van der Waals surface area contributed by atoms with E-state index >= 15 is 0 Å². The van der Waals surface area contributed by atoms with Crippen LogP contribution in [0.2, 0.25) is 5.02 Å². The van der Waals surface area contributed by atoms with Crippen molar-refractivity contribution in [1.82, 2.24) is 15.6 Å². The van der Waals surface area contributed by atoms with Crippen molar-refractivity contribution in [3.63, 3.8) is 0 Å². The molecular formula is C31H32ClN5O2. The van der Waals surface area contributed by atoms with Crippen molar-refractivity contribution in [1.29, 1.82) is 0 Å². The number of halogens is 1. The van der Waals surface area contributed by atoms with Crippen molar-refractivity contribution in [2.24, 2.45) is 0 Å². The fourth-order valence-corrected chi connectivity index (χ4v) is 4.77. The van der Waals surface area contributed by atoms with Gasteiger partial charge in [-0.1, -0.05) is 35.9 Å². The number of nitrogens with zero attached hydrogens (tertiary/aromatic N) is 2. The molecule has 8 heteroatoms. The summed E-state index contributed by atoms with van der Waals surface area (Å²) in [4.78, 5) is 18.7. The Kier molecular flexibility index (Phi) is 8.94. The van der Waals surface area contributed by atoms with E-state index in [4.69, 9.17) is 16.3 Å². The largest absolute Gasteiger partial charge is 0.493 e. The van der Waals surface area contributed by atoms with Gasteiger partial charge in [0.1, 0.15) is 5.75 Å². The lowest BCUT2D eigenvalue weighted by Crippen LogP contribution is -2.43. The molecule has 3 aromatic carbocycles. The number of benzene rings is 3. The molecule has 0 unspecified atom stereocenters. The summed E-state index contributed by atoms with van der Waals surface area (Å²) >= 11 is 6.40. The molecule has 1 aromatic heterocycles. The van der Waals surface area contributed by atoms with Gasteiger partial charge in [-0.05, 0) is 76.9 Å². The standard InChI is InChI=1S/C31H32ClN5O2/c32-26-7-6-24(30(20-26)25-4-1-5-28(19-25)37-16-14-33-15-17-37)12-18-39-29-10-8-27(9-11-29)36-31(38)35-22-23-3-2-13-34-21-23/h1-11,13,19-21,33H,12,14-18,22H2,(H2,35,36,38). The second kappa shape index (κ2) is 13.1. The quantitative estimate of drug-likeness (QED) is 0.251. The zero-order valence-electron chi connectivity index (χ0n) is 21.7. The average molecular weight is 542 g/mol. The predicted octanol–water partition coefficient (Wildman–Crippen LogP) is 5.75. The number of nitrogens with one attached hydrogen (secondary N) is 3. The number of carbonyl (C=O) groups excluding carboxylic acids is 1. The van der Waals surface area contributed by atoms with Crippen molar-refractivity contribution in [2.75, 3.05) is 43.0 Å². The number of hydrogen-bond donors (Lipinski definition) is 3. The fraction of sp³-hybridized carbons (Fsp3) is 0.226. The van der Waals surface area contributed by atoms with Crippen LogP contribution in [-0.4, -0.2) is 43.8 Å². The predicted molar refractivity (Wildman–Crippen MR) is 158 cm³/mol. The first-order chi connectivity index (χ1) is 19.1. The Morgan fingerprint density at radius 3 is 2.64 bits per heavy atom. The van der Waals surface area contributed by atoms with Gasteiger partial charge in [-0.2, -0.15) is 0 Å². The molecule has 2 amide bonds. The summed E-state index contributed by atoms with van der Waals surface area (Å²) in [6, 6.07) is 25.6. The van der Waals surface area contributed by atoms with Gasteiger partial charge in [-0.15, -0.1) is 0 Å². The molecule has 1 aliphatic rings. The van der Waals surface area contributed by atoms with E-state index in [0.717, 1.165) is 60.1 Å². The number of carbonyl (C=O) groups is 1. The van der Waals surface area contributed by atoms with Gasteiger partial charge in [-0.3, -0.25) is 4.98 Å². The SMILES string of the molecule is O=C(NCc1cccnc1)Nc1ccc(OCCc2ccc(Cl)cc2-c2cccc(N3CCNCC3)c2)cc1. The first kappa shape index (κ1) is 26.5. The Morgan fingerprint density at radius 2 is 1.85 bits per heavy atom. The number of amides is 2. The van der Waals surface area contributed by atoms with Crippen LogP contribution in [0.5, 0.6) is 5.75 Å². The summed E-state index contributed by atoms with van der Waals surface area (Å²) in [7, 11) is 0. The van der Waals surface area contributed by atoms with Crippen molar-refractivity contribution < 1.29 is 9.53 Å². The molecule has 0 bridgehead atoms. The summed E-state index contributed by atoms with van der Waals surface area (Å²) in [5.74, 6) is 0.743. The Hall–Kier alpha value is -4.07. The second-order valence-corrected chi connectivity index (χ2v) is 9.82. The van der Waals surface area contributed by atoms with E-state index in [1.54, 1.807) is 12.4 Å². The van der Waals surface area contributed by atoms with Crippen LogP contribution in [0, 0.1) is 0 Å². The Morgan fingerprint density at radius 1 is 1.00 bits per heavy atom. The maximum absolute atomic E-state index is 12.2. The summed E-state index contributed by atoms with van der Waals surface area (Å²) in [5, 5.41) is 9.79. The number of hydrogen-bond acceptors (Lipinski definition) is 5. The summed E-state index contributed by atoms with van der Waals surface area (Å²) < 4.78 is 6.03. The molecule has 0 radical (unpaired) electrons. The van der Waals surface area contributed by atoms with Crippen molar-refractivity contribution in [2.45, 2.75) is 13.0 Å². The second-order valence-electron chi connectivity index (χ2n) is 9.38. The monoisotopic (exact) mass is 541 g/mol. The van der Waals surface area contributed by atoms with Crippen LogP contribution in [0.25, 0.3) is 11.1 Å². The third-order valence-electron chi connectivity index (χ3n) is 6.64. The zero-order valence-corrected chi connectivity index (χ0v) is 22.5. The van der Waals surface area contributed by atoms with Gasteiger partial charge in [0.05, 0.1) is 6.61 Å². The Balaban J connectivity index is 1.16. The molecule has 39 heavy (non-hydrogen) atoms. The highest BCUT2D eigenvalue weighted by Crippen LogP contribution is 2.31. The van der Waals surface area contributed by atoms with Crippen LogP contribution in [0.4, 0.5) is 16.2 Å². The van der Waals surface area contributed by atoms with E-state index < -0.39 is 0 Å².